The molecule has 0 spiro atoms. The van der Waals surface area contributed by atoms with E-state index in [-0.39, 0.29) is 24.0 Å². The van der Waals surface area contributed by atoms with Gasteiger partial charge in [0.1, 0.15) is 0 Å². The molecule has 0 aliphatic heterocycles. The topological polar surface area (TPSA) is 70.6 Å². The van der Waals surface area contributed by atoms with Crippen LogP contribution in [0, 0.1) is 6.92 Å². The van der Waals surface area contributed by atoms with E-state index in [1.807, 2.05) is 32.0 Å². The van der Waals surface area contributed by atoms with Crippen molar-refractivity contribution >= 4 is 39.8 Å². The number of nitrogens with zero attached hydrogens (tertiary/aromatic N) is 1. The van der Waals surface area contributed by atoms with E-state index >= 15 is 0 Å². The third-order valence-corrected chi connectivity index (χ3v) is 5.94. The van der Waals surface area contributed by atoms with Gasteiger partial charge >= 0.3 is 0 Å². The maximum Gasteiger partial charge on any atom is 0.191 e. The molecule has 0 heterocycles. The van der Waals surface area contributed by atoms with Crippen molar-refractivity contribution in [2.24, 2.45) is 4.99 Å². The molecule has 0 bridgehead atoms. The molecule has 7 heteroatoms. The van der Waals surface area contributed by atoms with Gasteiger partial charge in [-0.1, -0.05) is 49.4 Å². The number of nitrogens with one attached hydrogen (secondary N) is 2. The number of guanidine groups is 1. The van der Waals surface area contributed by atoms with Crippen LogP contribution in [0.25, 0.3) is 0 Å². The van der Waals surface area contributed by atoms with E-state index in [0.29, 0.717) is 17.4 Å². The van der Waals surface area contributed by atoms with Crippen LogP contribution in [0.3, 0.4) is 0 Å². The molecule has 0 saturated heterocycles. The fourth-order valence-corrected chi connectivity index (χ4v) is 4.14. The third-order valence-electron chi connectivity index (χ3n) is 4.68. The van der Waals surface area contributed by atoms with Crippen LogP contribution < -0.4 is 10.6 Å². The molecule has 29 heavy (non-hydrogen) atoms. The van der Waals surface area contributed by atoms with E-state index in [1.54, 1.807) is 6.07 Å². The summed E-state index contributed by atoms with van der Waals surface area (Å²) < 4.78 is 23.5. The van der Waals surface area contributed by atoms with Gasteiger partial charge in [-0.05, 0) is 43.0 Å². The predicted molar refractivity (Wildman–Crippen MR) is 132 cm³/mol. The van der Waals surface area contributed by atoms with Crippen molar-refractivity contribution in [2.45, 2.75) is 44.6 Å². The van der Waals surface area contributed by atoms with E-state index in [0.717, 1.165) is 36.6 Å². The van der Waals surface area contributed by atoms with Crippen LogP contribution in [-0.2, 0) is 16.4 Å². The van der Waals surface area contributed by atoms with Crippen molar-refractivity contribution in [2.75, 3.05) is 19.3 Å². The minimum absolute atomic E-state index is 0. The highest BCUT2D eigenvalue weighted by Crippen LogP contribution is 2.18. The second-order valence-corrected chi connectivity index (χ2v) is 8.95. The van der Waals surface area contributed by atoms with Crippen LogP contribution in [0.1, 0.15) is 42.9 Å². The standard InChI is InChI=1S/C22H31N3O2S.HI/c1-5-19(20-10-8-7-9-11-20)16-25-22(23-6-2)24-15-18-12-13-21(17(3)14-18)28(4,26)27;/h7-14,19H,5-6,15-16H2,1-4H3,(H2,23,24,25);1H. The van der Waals surface area contributed by atoms with Crippen LogP contribution in [0.4, 0.5) is 0 Å². The van der Waals surface area contributed by atoms with Crippen molar-refractivity contribution < 1.29 is 8.42 Å². The Morgan fingerprint density at radius 1 is 1.07 bits per heavy atom. The lowest BCUT2D eigenvalue weighted by molar-refractivity contribution is 0.601. The Hall–Kier alpha value is -1.61. The average molecular weight is 529 g/mol. The number of sulfone groups is 1. The summed E-state index contributed by atoms with van der Waals surface area (Å²) in [6.07, 6.45) is 2.28. The molecule has 2 rings (SSSR count). The van der Waals surface area contributed by atoms with Crippen LogP contribution in [0.15, 0.2) is 58.4 Å². The van der Waals surface area contributed by atoms with Gasteiger partial charge in [0, 0.05) is 25.3 Å². The largest absolute Gasteiger partial charge is 0.357 e. The normalized spacial score (nSPS) is 12.8. The van der Waals surface area contributed by atoms with Gasteiger partial charge in [0.2, 0.25) is 0 Å². The Kier molecular flexibility index (Phi) is 10.7. The van der Waals surface area contributed by atoms with Crippen LogP contribution in [-0.4, -0.2) is 33.7 Å². The summed E-state index contributed by atoms with van der Waals surface area (Å²) in [5, 5.41) is 6.71. The van der Waals surface area contributed by atoms with Gasteiger partial charge in [-0.15, -0.1) is 24.0 Å². The van der Waals surface area contributed by atoms with Crippen LogP contribution >= 0.6 is 24.0 Å². The van der Waals surface area contributed by atoms with Crippen molar-refractivity contribution in [1.29, 1.82) is 0 Å². The van der Waals surface area contributed by atoms with Gasteiger partial charge in [0.25, 0.3) is 0 Å². The van der Waals surface area contributed by atoms with Crippen molar-refractivity contribution in [3.05, 3.63) is 65.2 Å². The molecule has 1 atom stereocenters. The van der Waals surface area contributed by atoms with Crippen LogP contribution in [0.5, 0.6) is 0 Å². The second-order valence-electron chi connectivity index (χ2n) is 6.96. The number of benzene rings is 2. The summed E-state index contributed by atoms with van der Waals surface area (Å²) in [4.78, 5) is 5.04. The first-order valence-electron chi connectivity index (χ1n) is 9.71. The first-order chi connectivity index (χ1) is 13.3. The van der Waals surface area contributed by atoms with Crippen molar-refractivity contribution in [3.63, 3.8) is 0 Å². The van der Waals surface area contributed by atoms with Crippen molar-refractivity contribution in [1.82, 2.24) is 10.6 Å². The Balaban J connectivity index is 0.00000420. The summed E-state index contributed by atoms with van der Waals surface area (Å²) in [6, 6.07) is 15.9. The highest BCUT2D eigenvalue weighted by molar-refractivity contribution is 14.0. The summed E-state index contributed by atoms with van der Waals surface area (Å²) >= 11 is 0. The maximum atomic E-state index is 11.8. The number of halogens is 1. The molecule has 2 aromatic carbocycles. The van der Waals surface area contributed by atoms with Crippen molar-refractivity contribution in [3.8, 4) is 0 Å². The quantitative estimate of drug-likeness (QED) is 0.305. The zero-order valence-electron chi connectivity index (χ0n) is 17.6. The Morgan fingerprint density at radius 3 is 2.31 bits per heavy atom. The first-order valence-corrected chi connectivity index (χ1v) is 11.6. The summed E-state index contributed by atoms with van der Waals surface area (Å²) in [5.74, 6) is 1.18. The fourth-order valence-electron chi connectivity index (χ4n) is 3.18. The zero-order chi connectivity index (χ0) is 20.6. The lowest BCUT2D eigenvalue weighted by atomic mass is 9.97. The molecule has 0 aliphatic carbocycles. The molecule has 5 nitrogen and oxygen atoms in total. The molecule has 0 amide bonds. The minimum atomic E-state index is -3.20. The van der Waals surface area contributed by atoms with E-state index < -0.39 is 9.84 Å². The lowest BCUT2D eigenvalue weighted by Crippen LogP contribution is -2.39. The SMILES string of the molecule is CCNC(=NCc1ccc(S(C)(=O)=O)c(C)c1)NCC(CC)c1ccccc1.I. The van der Waals surface area contributed by atoms with E-state index in [2.05, 4.69) is 46.8 Å². The summed E-state index contributed by atoms with van der Waals surface area (Å²) in [5.41, 5.74) is 3.06. The van der Waals surface area contributed by atoms with Gasteiger partial charge in [0.05, 0.1) is 11.4 Å². The van der Waals surface area contributed by atoms with E-state index in [9.17, 15) is 8.42 Å². The minimum Gasteiger partial charge on any atom is -0.357 e. The summed E-state index contributed by atoms with van der Waals surface area (Å²) in [6.45, 7) is 8.12. The molecular weight excluding hydrogens is 497 g/mol. The van der Waals surface area contributed by atoms with Gasteiger partial charge < -0.3 is 10.6 Å². The Morgan fingerprint density at radius 2 is 1.76 bits per heavy atom. The molecular formula is C22H32IN3O2S. The molecule has 1 unspecified atom stereocenters. The van der Waals surface area contributed by atoms with Gasteiger partial charge in [-0.25, -0.2) is 13.4 Å². The van der Waals surface area contributed by atoms with Gasteiger partial charge in [-0.2, -0.15) is 0 Å². The maximum absolute atomic E-state index is 11.8. The zero-order valence-corrected chi connectivity index (χ0v) is 20.8. The average Bonchev–Trinajstić information content (AvgIpc) is 2.66. The lowest BCUT2D eigenvalue weighted by Gasteiger charge is -2.18. The molecule has 0 saturated carbocycles. The summed E-state index contributed by atoms with van der Waals surface area (Å²) in [7, 11) is -3.20. The van der Waals surface area contributed by atoms with E-state index in [1.165, 1.54) is 11.8 Å². The second kappa shape index (κ2) is 12.2. The Labute approximate surface area is 192 Å². The number of hydrogen-bond donors (Lipinski definition) is 2. The molecule has 0 aromatic heterocycles. The molecule has 2 aromatic rings. The first kappa shape index (κ1) is 25.4. The molecule has 0 aliphatic rings. The Bertz CT molecular complexity index is 900. The third kappa shape index (κ3) is 7.97. The predicted octanol–water partition coefficient (Wildman–Crippen LogP) is 4.27. The molecule has 0 radical (unpaired) electrons. The molecule has 160 valence electrons. The fraction of sp³-hybridized carbons (Fsp3) is 0.409. The van der Waals surface area contributed by atoms with Gasteiger partial charge in [0.15, 0.2) is 15.8 Å². The molecule has 2 N–H and O–H groups in total. The van der Waals surface area contributed by atoms with Gasteiger partial charge in [-0.3, -0.25) is 0 Å². The number of hydrogen-bond acceptors (Lipinski definition) is 3. The number of rotatable bonds is 8. The molecule has 0 fully saturated rings. The highest BCUT2D eigenvalue weighted by atomic mass is 127. The number of aliphatic imine (C=N–C) groups is 1. The highest BCUT2D eigenvalue weighted by Gasteiger charge is 2.12. The smallest absolute Gasteiger partial charge is 0.191 e. The monoisotopic (exact) mass is 529 g/mol. The van der Waals surface area contributed by atoms with E-state index in [4.69, 9.17) is 0 Å². The number of aryl methyl sites for hydroxylation is 1. The van der Waals surface area contributed by atoms with Crippen LogP contribution in [0.2, 0.25) is 0 Å².